The first-order valence-electron chi connectivity index (χ1n) is 7.18. The van der Waals surface area contributed by atoms with Crippen LogP contribution in [0.15, 0.2) is 24.3 Å². The zero-order chi connectivity index (χ0) is 15.7. The third kappa shape index (κ3) is 3.59. The molecule has 0 radical (unpaired) electrons. The van der Waals surface area contributed by atoms with Gasteiger partial charge in [0.1, 0.15) is 9.84 Å². The lowest BCUT2D eigenvalue weighted by Crippen LogP contribution is -2.56. The highest BCUT2D eigenvalue weighted by atomic mass is 35.5. The molecule has 1 heterocycles. The summed E-state index contributed by atoms with van der Waals surface area (Å²) >= 11 is 5.93. The maximum absolute atomic E-state index is 11.7. The fraction of sp³-hybridized carbons (Fsp3) is 0.600. The number of nitrogens with zero attached hydrogens (tertiary/aromatic N) is 1. The molecule has 0 bridgehead atoms. The monoisotopic (exact) mass is 330 g/mol. The first-order valence-corrected chi connectivity index (χ1v) is 9.38. The van der Waals surface area contributed by atoms with Gasteiger partial charge in [0.05, 0.1) is 11.5 Å². The van der Waals surface area contributed by atoms with Crippen molar-refractivity contribution in [3.8, 4) is 0 Å². The van der Waals surface area contributed by atoms with Crippen LogP contribution in [-0.4, -0.2) is 44.0 Å². The summed E-state index contributed by atoms with van der Waals surface area (Å²) in [5.41, 5.74) is 6.92. The summed E-state index contributed by atoms with van der Waals surface area (Å²) in [6.45, 7) is 2.58. The van der Waals surface area contributed by atoms with Gasteiger partial charge in [0.25, 0.3) is 0 Å². The van der Waals surface area contributed by atoms with Gasteiger partial charge in [0.15, 0.2) is 0 Å². The molecule has 0 saturated carbocycles. The van der Waals surface area contributed by atoms with E-state index in [-0.39, 0.29) is 23.1 Å². The highest BCUT2D eigenvalue weighted by Crippen LogP contribution is 2.34. The molecule has 0 amide bonds. The molecule has 4 nitrogen and oxygen atoms in total. The van der Waals surface area contributed by atoms with Crippen molar-refractivity contribution in [2.45, 2.75) is 31.3 Å². The lowest BCUT2D eigenvalue weighted by Gasteiger charge is -2.46. The number of hydrogen-bond acceptors (Lipinski definition) is 4. The van der Waals surface area contributed by atoms with E-state index in [0.717, 1.165) is 5.56 Å². The van der Waals surface area contributed by atoms with Gasteiger partial charge >= 0.3 is 0 Å². The van der Waals surface area contributed by atoms with E-state index in [4.69, 9.17) is 17.3 Å². The molecular weight excluding hydrogens is 308 g/mol. The van der Waals surface area contributed by atoms with Crippen LogP contribution < -0.4 is 5.73 Å². The van der Waals surface area contributed by atoms with E-state index < -0.39 is 9.84 Å². The highest BCUT2D eigenvalue weighted by molar-refractivity contribution is 7.91. The summed E-state index contributed by atoms with van der Waals surface area (Å²) in [6, 6.07) is 7.93. The molecule has 2 rings (SSSR count). The first kappa shape index (κ1) is 16.7. The lowest BCUT2D eigenvalue weighted by molar-refractivity contribution is 0.0740. The summed E-state index contributed by atoms with van der Waals surface area (Å²) in [5, 5.41) is 0.714. The van der Waals surface area contributed by atoms with Crippen LogP contribution in [0.1, 0.15) is 31.4 Å². The molecule has 1 aliphatic heterocycles. The van der Waals surface area contributed by atoms with Crippen molar-refractivity contribution in [1.29, 1.82) is 0 Å². The van der Waals surface area contributed by atoms with Crippen molar-refractivity contribution in [2.24, 2.45) is 5.73 Å². The van der Waals surface area contributed by atoms with Crippen LogP contribution in [0.25, 0.3) is 0 Å². The Morgan fingerprint density at radius 1 is 1.29 bits per heavy atom. The van der Waals surface area contributed by atoms with Crippen LogP contribution in [0, 0.1) is 0 Å². The molecule has 0 aliphatic carbocycles. The minimum absolute atomic E-state index is 0.159. The largest absolute Gasteiger partial charge is 0.329 e. The highest BCUT2D eigenvalue weighted by Gasteiger charge is 2.41. The topological polar surface area (TPSA) is 63.4 Å². The van der Waals surface area contributed by atoms with Gasteiger partial charge in [0.2, 0.25) is 0 Å². The molecule has 118 valence electrons. The first-order chi connectivity index (χ1) is 9.80. The Labute approximate surface area is 132 Å². The van der Waals surface area contributed by atoms with Gasteiger partial charge in [-0.05, 0) is 44.5 Å². The smallest absolute Gasteiger partial charge is 0.150 e. The molecular formula is C15H23ClN2O2S. The summed E-state index contributed by atoms with van der Waals surface area (Å²) in [5.74, 6) is 0.448. The fourth-order valence-electron chi connectivity index (χ4n) is 2.99. The van der Waals surface area contributed by atoms with Crippen LogP contribution in [-0.2, 0) is 9.84 Å². The minimum Gasteiger partial charge on any atom is -0.329 e. The van der Waals surface area contributed by atoms with E-state index in [1.54, 1.807) is 0 Å². The average Bonchev–Trinajstić information content (AvgIpc) is 2.47. The molecule has 6 heteroatoms. The Bertz CT molecular complexity index is 572. The van der Waals surface area contributed by atoms with Crippen LogP contribution in [0.5, 0.6) is 0 Å². The van der Waals surface area contributed by atoms with Gasteiger partial charge in [-0.1, -0.05) is 23.7 Å². The molecule has 2 N–H and O–H groups in total. The van der Waals surface area contributed by atoms with Gasteiger partial charge < -0.3 is 5.73 Å². The normalized spacial score (nSPS) is 22.1. The van der Waals surface area contributed by atoms with Gasteiger partial charge in [0, 0.05) is 23.1 Å². The van der Waals surface area contributed by atoms with Crippen molar-refractivity contribution in [3.05, 3.63) is 34.9 Å². The molecule has 1 aliphatic rings. The van der Waals surface area contributed by atoms with Gasteiger partial charge in [-0.25, -0.2) is 8.42 Å². The predicted molar refractivity (Wildman–Crippen MR) is 87.3 cm³/mol. The zero-order valence-corrected chi connectivity index (χ0v) is 14.1. The molecule has 1 saturated heterocycles. The number of likely N-dealkylation sites (N-methyl/N-ethyl adjacent to an activating group) is 1. The Hall–Kier alpha value is -0.620. The number of nitrogens with two attached hydrogens (primary N) is 1. The Morgan fingerprint density at radius 3 is 2.29 bits per heavy atom. The van der Waals surface area contributed by atoms with E-state index in [0.29, 0.717) is 24.4 Å². The molecule has 0 aromatic heterocycles. The third-order valence-electron chi connectivity index (χ3n) is 4.82. The van der Waals surface area contributed by atoms with Gasteiger partial charge in [-0.3, -0.25) is 4.90 Å². The number of hydrogen-bond donors (Lipinski definition) is 1. The molecule has 1 fully saturated rings. The van der Waals surface area contributed by atoms with Crippen molar-refractivity contribution in [1.82, 2.24) is 4.90 Å². The SMILES string of the molecule is CC(c1ccc(Cl)cc1)N(C)C1(CN)CCS(=O)(=O)CC1. The maximum atomic E-state index is 11.7. The zero-order valence-electron chi connectivity index (χ0n) is 12.5. The van der Waals surface area contributed by atoms with Gasteiger partial charge in [-0.15, -0.1) is 0 Å². The number of halogens is 1. The van der Waals surface area contributed by atoms with E-state index >= 15 is 0 Å². The second-order valence-corrected chi connectivity index (χ2v) is 8.66. The summed E-state index contributed by atoms with van der Waals surface area (Å²) in [4.78, 5) is 2.23. The number of sulfone groups is 1. The van der Waals surface area contributed by atoms with E-state index in [1.807, 2.05) is 31.3 Å². The Morgan fingerprint density at radius 2 is 1.81 bits per heavy atom. The second-order valence-electron chi connectivity index (χ2n) is 5.92. The predicted octanol–water partition coefficient (Wildman–Crippen LogP) is 2.24. The quantitative estimate of drug-likeness (QED) is 0.919. The summed E-state index contributed by atoms with van der Waals surface area (Å²) < 4.78 is 23.4. The summed E-state index contributed by atoms with van der Waals surface area (Å²) in [6.07, 6.45) is 1.19. The van der Waals surface area contributed by atoms with Gasteiger partial charge in [-0.2, -0.15) is 0 Å². The van der Waals surface area contributed by atoms with Crippen molar-refractivity contribution in [3.63, 3.8) is 0 Å². The van der Waals surface area contributed by atoms with Crippen molar-refractivity contribution >= 4 is 21.4 Å². The van der Waals surface area contributed by atoms with Crippen LogP contribution in [0.4, 0.5) is 0 Å². The fourth-order valence-corrected chi connectivity index (χ4v) is 4.71. The molecule has 1 aromatic rings. The minimum atomic E-state index is -2.89. The molecule has 1 unspecified atom stereocenters. The second kappa shape index (κ2) is 6.24. The average molecular weight is 331 g/mol. The maximum Gasteiger partial charge on any atom is 0.150 e. The molecule has 1 aromatic carbocycles. The standard InChI is InChI=1S/C15H23ClN2O2S/c1-12(13-3-5-14(16)6-4-13)18(2)15(11-17)7-9-21(19,20)10-8-15/h3-6,12H,7-11,17H2,1-2H3. The summed E-state index contributed by atoms with van der Waals surface area (Å²) in [7, 11) is -0.861. The van der Waals surface area contributed by atoms with E-state index in [9.17, 15) is 8.42 Å². The number of rotatable bonds is 4. The Kier molecular flexibility index (Phi) is 4.98. The molecule has 1 atom stereocenters. The van der Waals surface area contributed by atoms with Crippen molar-refractivity contribution < 1.29 is 8.42 Å². The third-order valence-corrected chi connectivity index (χ3v) is 6.72. The van der Waals surface area contributed by atoms with Crippen LogP contribution in [0.2, 0.25) is 5.02 Å². The lowest BCUT2D eigenvalue weighted by atomic mass is 9.88. The van der Waals surface area contributed by atoms with E-state index in [2.05, 4.69) is 11.8 Å². The molecule has 21 heavy (non-hydrogen) atoms. The van der Waals surface area contributed by atoms with Crippen LogP contribution >= 0.6 is 11.6 Å². The molecule has 0 spiro atoms. The van der Waals surface area contributed by atoms with Crippen LogP contribution in [0.3, 0.4) is 0 Å². The van der Waals surface area contributed by atoms with E-state index in [1.165, 1.54) is 0 Å². The van der Waals surface area contributed by atoms with Crippen molar-refractivity contribution in [2.75, 3.05) is 25.1 Å². The number of benzene rings is 1. The Balaban J connectivity index is 2.20.